The van der Waals surface area contributed by atoms with Crippen molar-refractivity contribution in [2.75, 3.05) is 6.61 Å². The second kappa shape index (κ2) is 3.98. The molecule has 17 heavy (non-hydrogen) atoms. The average molecular weight is 235 g/mol. The van der Waals surface area contributed by atoms with Gasteiger partial charge in [0.1, 0.15) is 11.6 Å². The monoisotopic (exact) mass is 235 g/mol. The van der Waals surface area contributed by atoms with Crippen molar-refractivity contribution in [3.63, 3.8) is 0 Å². The van der Waals surface area contributed by atoms with E-state index < -0.39 is 0 Å². The van der Waals surface area contributed by atoms with Crippen LogP contribution >= 0.6 is 0 Å². The van der Waals surface area contributed by atoms with Gasteiger partial charge in [0.25, 0.3) is 0 Å². The molecule has 0 bridgehead atoms. The molecule has 0 radical (unpaired) electrons. The highest BCUT2D eigenvalue weighted by atomic mass is 19.1. The molecule has 2 fully saturated rings. The summed E-state index contributed by atoms with van der Waals surface area (Å²) in [5.41, 5.74) is 6.90. The Bertz CT molecular complexity index is 424. The van der Waals surface area contributed by atoms with Crippen molar-refractivity contribution >= 4 is 0 Å². The first-order valence-corrected chi connectivity index (χ1v) is 6.35. The summed E-state index contributed by atoms with van der Waals surface area (Å²) in [6, 6.07) is 4.76. The van der Waals surface area contributed by atoms with E-state index in [0.717, 1.165) is 37.2 Å². The topological polar surface area (TPSA) is 35.2 Å². The molecule has 2 aliphatic rings. The summed E-state index contributed by atoms with van der Waals surface area (Å²) in [6.07, 6.45) is 5.32. The van der Waals surface area contributed by atoms with Gasteiger partial charge in [-0.3, -0.25) is 0 Å². The van der Waals surface area contributed by atoms with Gasteiger partial charge in [0.2, 0.25) is 0 Å². The van der Waals surface area contributed by atoms with Crippen LogP contribution in [0.1, 0.15) is 31.2 Å². The van der Waals surface area contributed by atoms with Crippen LogP contribution in [0.3, 0.4) is 0 Å². The van der Waals surface area contributed by atoms with Gasteiger partial charge in [0, 0.05) is 5.54 Å². The summed E-state index contributed by atoms with van der Waals surface area (Å²) in [7, 11) is 0. The molecule has 0 atom stereocenters. The van der Waals surface area contributed by atoms with Crippen LogP contribution in [0.4, 0.5) is 4.39 Å². The predicted molar refractivity (Wildman–Crippen MR) is 64.5 cm³/mol. The molecule has 1 aromatic rings. The number of rotatable bonds is 5. The van der Waals surface area contributed by atoms with E-state index in [4.69, 9.17) is 10.5 Å². The Labute approximate surface area is 101 Å². The van der Waals surface area contributed by atoms with Gasteiger partial charge in [0.15, 0.2) is 0 Å². The fourth-order valence-electron chi connectivity index (χ4n) is 2.04. The Hall–Kier alpha value is -1.09. The van der Waals surface area contributed by atoms with Gasteiger partial charge >= 0.3 is 0 Å². The van der Waals surface area contributed by atoms with Crippen LogP contribution in [0.25, 0.3) is 0 Å². The summed E-state index contributed by atoms with van der Waals surface area (Å²) in [6.45, 7) is 0.760. The normalized spacial score (nSPS) is 21.3. The maximum atomic E-state index is 13.3. The van der Waals surface area contributed by atoms with E-state index in [-0.39, 0.29) is 11.4 Å². The second-order valence-electron chi connectivity index (χ2n) is 5.55. The van der Waals surface area contributed by atoms with Crippen LogP contribution in [0.2, 0.25) is 0 Å². The van der Waals surface area contributed by atoms with E-state index in [9.17, 15) is 4.39 Å². The molecular weight excluding hydrogens is 217 g/mol. The average Bonchev–Trinajstić information content (AvgIpc) is 3.16. The summed E-state index contributed by atoms with van der Waals surface area (Å²) >= 11 is 0. The smallest absolute Gasteiger partial charge is 0.123 e. The molecule has 3 rings (SSSR count). The minimum atomic E-state index is -0.206. The summed E-state index contributed by atoms with van der Waals surface area (Å²) in [5.74, 6) is 1.32. The van der Waals surface area contributed by atoms with Crippen molar-refractivity contribution in [2.24, 2.45) is 11.7 Å². The van der Waals surface area contributed by atoms with Crippen LogP contribution < -0.4 is 10.5 Å². The Balaban J connectivity index is 1.74. The molecule has 2 saturated carbocycles. The lowest BCUT2D eigenvalue weighted by atomic mass is 10.0. The number of hydrogen-bond acceptors (Lipinski definition) is 2. The minimum Gasteiger partial charge on any atom is -0.493 e. The van der Waals surface area contributed by atoms with Crippen molar-refractivity contribution in [1.82, 2.24) is 0 Å². The molecule has 1 aromatic carbocycles. The first-order chi connectivity index (χ1) is 8.15. The van der Waals surface area contributed by atoms with Gasteiger partial charge in [-0.25, -0.2) is 4.39 Å². The van der Waals surface area contributed by atoms with Gasteiger partial charge in [-0.15, -0.1) is 0 Å². The van der Waals surface area contributed by atoms with E-state index in [1.807, 2.05) is 0 Å². The number of halogens is 1. The molecule has 0 aromatic heterocycles. The molecule has 0 spiro atoms. The molecule has 3 heteroatoms. The van der Waals surface area contributed by atoms with E-state index >= 15 is 0 Å². The molecule has 0 aliphatic heterocycles. The van der Waals surface area contributed by atoms with E-state index in [2.05, 4.69) is 0 Å². The quantitative estimate of drug-likeness (QED) is 0.851. The number of hydrogen-bond donors (Lipinski definition) is 1. The molecule has 2 aliphatic carbocycles. The van der Waals surface area contributed by atoms with E-state index in [0.29, 0.717) is 5.92 Å². The molecule has 92 valence electrons. The van der Waals surface area contributed by atoms with Crippen LogP contribution in [-0.2, 0) is 6.42 Å². The maximum absolute atomic E-state index is 13.3. The zero-order chi connectivity index (χ0) is 11.9. The lowest BCUT2D eigenvalue weighted by Crippen LogP contribution is -2.25. The zero-order valence-electron chi connectivity index (χ0n) is 9.92. The lowest BCUT2D eigenvalue weighted by Gasteiger charge is -2.14. The third-order valence-electron chi connectivity index (χ3n) is 3.63. The molecule has 0 saturated heterocycles. The standard InChI is InChI=1S/C14H18FNO/c15-12-3-4-13(17-9-10-1-2-10)11(7-12)8-14(16)5-6-14/h3-4,7,10H,1-2,5-6,8-9,16H2. The Morgan fingerprint density at radius 2 is 2.12 bits per heavy atom. The van der Waals surface area contributed by atoms with Gasteiger partial charge < -0.3 is 10.5 Å². The highest BCUT2D eigenvalue weighted by molar-refractivity contribution is 5.36. The van der Waals surface area contributed by atoms with Crippen LogP contribution in [-0.4, -0.2) is 12.1 Å². The van der Waals surface area contributed by atoms with Crippen molar-refractivity contribution in [2.45, 2.75) is 37.6 Å². The van der Waals surface area contributed by atoms with Gasteiger partial charge in [-0.2, -0.15) is 0 Å². The number of benzene rings is 1. The van der Waals surface area contributed by atoms with E-state index in [1.165, 1.54) is 18.9 Å². The van der Waals surface area contributed by atoms with Crippen molar-refractivity contribution in [1.29, 1.82) is 0 Å². The van der Waals surface area contributed by atoms with Crippen molar-refractivity contribution < 1.29 is 9.13 Å². The van der Waals surface area contributed by atoms with Crippen LogP contribution in [0, 0.1) is 11.7 Å². The number of nitrogens with two attached hydrogens (primary N) is 1. The van der Waals surface area contributed by atoms with Gasteiger partial charge in [-0.05, 0) is 61.8 Å². The largest absolute Gasteiger partial charge is 0.493 e. The first kappa shape index (κ1) is 11.0. The van der Waals surface area contributed by atoms with Gasteiger partial charge in [0.05, 0.1) is 6.61 Å². The fourth-order valence-corrected chi connectivity index (χ4v) is 2.04. The lowest BCUT2D eigenvalue weighted by molar-refractivity contribution is 0.295. The fraction of sp³-hybridized carbons (Fsp3) is 0.571. The highest BCUT2D eigenvalue weighted by Crippen LogP contribution is 2.38. The second-order valence-corrected chi connectivity index (χ2v) is 5.55. The van der Waals surface area contributed by atoms with E-state index in [1.54, 1.807) is 12.1 Å². The molecule has 2 nitrogen and oxygen atoms in total. The van der Waals surface area contributed by atoms with Crippen molar-refractivity contribution in [3.8, 4) is 5.75 Å². The summed E-state index contributed by atoms with van der Waals surface area (Å²) < 4.78 is 19.0. The molecule has 2 N–H and O–H groups in total. The highest BCUT2D eigenvalue weighted by Gasteiger charge is 2.38. The molecule has 0 amide bonds. The van der Waals surface area contributed by atoms with Crippen molar-refractivity contribution in [3.05, 3.63) is 29.6 Å². The molecule has 0 heterocycles. The third kappa shape index (κ3) is 2.78. The maximum Gasteiger partial charge on any atom is 0.123 e. The predicted octanol–water partition coefficient (Wildman–Crippen LogP) is 2.65. The van der Waals surface area contributed by atoms with Gasteiger partial charge in [-0.1, -0.05) is 0 Å². The van der Waals surface area contributed by atoms with Crippen LogP contribution in [0.15, 0.2) is 18.2 Å². The zero-order valence-corrected chi connectivity index (χ0v) is 9.92. The number of ether oxygens (including phenoxy) is 1. The third-order valence-corrected chi connectivity index (χ3v) is 3.63. The summed E-state index contributed by atoms with van der Waals surface area (Å²) in [4.78, 5) is 0. The molecule has 0 unspecified atom stereocenters. The van der Waals surface area contributed by atoms with Crippen LogP contribution in [0.5, 0.6) is 5.75 Å². The Morgan fingerprint density at radius 3 is 2.76 bits per heavy atom. The molecular formula is C14H18FNO. The SMILES string of the molecule is NC1(Cc2cc(F)ccc2OCC2CC2)CC1. The minimum absolute atomic E-state index is 0.106. The first-order valence-electron chi connectivity index (χ1n) is 6.35. The Kier molecular flexibility index (Phi) is 2.58. The summed E-state index contributed by atoms with van der Waals surface area (Å²) in [5, 5.41) is 0. The Morgan fingerprint density at radius 1 is 1.35 bits per heavy atom.